The number of rotatable bonds is 4. The monoisotopic (exact) mass is 386 g/mol. The third-order valence-electron chi connectivity index (χ3n) is 6.01. The maximum atomic E-state index is 12.8. The van der Waals surface area contributed by atoms with Crippen LogP contribution in [-0.4, -0.2) is 52.1 Å². The highest BCUT2D eigenvalue weighted by molar-refractivity contribution is 5.43. The van der Waals surface area contributed by atoms with E-state index in [1.54, 1.807) is 10.7 Å². The molecule has 0 bridgehead atoms. The summed E-state index contributed by atoms with van der Waals surface area (Å²) in [5, 5.41) is 14.2. The van der Waals surface area contributed by atoms with Crippen LogP contribution in [0.5, 0.6) is 0 Å². The van der Waals surface area contributed by atoms with E-state index in [1.807, 2.05) is 20.0 Å². The minimum atomic E-state index is -0.222. The van der Waals surface area contributed by atoms with Crippen LogP contribution < -0.4 is 10.5 Å². The van der Waals surface area contributed by atoms with E-state index in [0.717, 1.165) is 75.6 Å². The van der Waals surface area contributed by atoms with Crippen molar-refractivity contribution in [1.29, 1.82) is 0 Å². The van der Waals surface area contributed by atoms with E-state index >= 15 is 0 Å². The zero-order valence-corrected chi connectivity index (χ0v) is 16.8. The number of hydrogen-bond acceptors (Lipinski definition) is 6. The van der Waals surface area contributed by atoms with E-state index in [1.165, 1.54) is 5.56 Å². The van der Waals surface area contributed by atoms with Crippen LogP contribution in [0, 0.1) is 13.8 Å². The average molecular weight is 386 g/mol. The summed E-state index contributed by atoms with van der Waals surface area (Å²) < 4.78 is 7.30. The Kier molecular flexibility index (Phi) is 5.55. The third-order valence-corrected chi connectivity index (χ3v) is 6.01. The summed E-state index contributed by atoms with van der Waals surface area (Å²) in [5.74, 6) is 1.92. The second kappa shape index (κ2) is 8.09. The zero-order valence-electron chi connectivity index (χ0n) is 16.8. The van der Waals surface area contributed by atoms with Crippen molar-refractivity contribution in [3.63, 3.8) is 0 Å². The van der Waals surface area contributed by atoms with Crippen molar-refractivity contribution >= 4 is 5.69 Å². The van der Waals surface area contributed by atoms with Gasteiger partial charge in [-0.15, -0.1) is 0 Å². The standard InChI is InChI=1S/C21H30N4O3/c1-15-10-17(16(2)28-15)13-23-7-3-4-18(14-23)25-21(27)11-19(12-22-25)24-8-5-20(26)6-9-24/h10-12,18,20,26H,3-9,13-14H2,1-2H3/t18-/m1/s1. The van der Waals surface area contributed by atoms with Gasteiger partial charge < -0.3 is 14.4 Å². The Hall–Kier alpha value is -2.12. The first kappa shape index (κ1) is 19.2. The van der Waals surface area contributed by atoms with Crippen molar-refractivity contribution in [2.45, 2.75) is 58.2 Å². The fourth-order valence-corrected chi connectivity index (χ4v) is 4.44. The highest BCUT2D eigenvalue weighted by atomic mass is 16.3. The Bertz CT molecular complexity index is 867. The summed E-state index contributed by atoms with van der Waals surface area (Å²) in [4.78, 5) is 17.3. The predicted octanol–water partition coefficient (Wildman–Crippen LogP) is 2.25. The van der Waals surface area contributed by atoms with Gasteiger partial charge in [0.1, 0.15) is 11.5 Å². The van der Waals surface area contributed by atoms with Crippen LogP contribution in [0.25, 0.3) is 0 Å². The summed E-state index contributed by atoms with van der Waals surface area (Å²) in [6, 6.07) is 3.91. The van der Waals surface area contributed by atoms with Gasteiger partial charge in [0, 0.05) is 37.8 Å². The van der Waals surface area contributed by atoms with Crippen LogP contribution in [-0.2, 0) is 6.54 Å². The smallest absolute Gasteiger partial charge is 0.269 e. The third kappa shape index (κ3) is 4.15. The number of aryl methyl sites for hydroxylation is 2. The van der Waals surface area contributed by atoms with E-state index in [0.29, 0.717) is 0 Å². The molecule has 7 nitrogen and oxygen atoms in total. The number of nitrogens with zero attached hydrogens (tertiary/aromatic N) is 4. The number of aliphatic hydroxyl groups is 1. The first-order chi connectivity index (χ1) is 13.5. The van der Waals surface area contributed by atoms with Gasteiger partial charge in [-0.1, -0.05) is 0 Å². The fourth-order valence-electron chi connectivity index (χ4n) is 4.44. The second-order valence-electron chi connectivity index (χ2n) is 8.18. The average Bonchev–Trinajstić information content (AvgIpc) is 2.99. The molecule has 7 heteroatoms. The van der Waals surface area contributed by atoms with Gasteiger partial charge in [0.25, 0.3) is 5.56 Å². The Morgan fingerprint density at radius 1 is 1.18 bits per heavy atom. The molecule has 2 saturated heterocycles. The number of hydrogen-bond donors (Lipinski definition) is 1. The molecule has 1 N–H and O–H groups in total. The number of furan rings is 1. The van der Waals surface area contributed by atoms with Gasteiger partial charge in [0.15, 0.2) is 0 Å². The Morgan fingerprint density at radius 3 is 2.64 bits per heavy atom. The Labute approximate surface area is 165 Å². The highest BCUT2D eigenvalue weighted by Gasteiger charge is 2.25. The lowest BCUT2D eigenvalue weighted by Crippen LogP contribution is -2.41. The summed E-state index contributed by atoms with van der Waals surface area (Å²) in [6.45, 7) is 8.23. The molecule has 4 heterocycles. The van der Waals surface area contributed by atoms with Crippen LogP contribution in [0.3, 0.4) is 0 Å². The molecule has 152 valence electrons. The minimum absolute atomic E-state index is 0.0363. The first-order valence-electron chi connectivity index (χ1n) is 10.3. The molecule has 2 aliphatic heterocycles. The van der Waals surface area contributed by atoms with Gasteiger partial charge in [-0.3, -0.25) is 9.69 Å². The van der Waals surface area contributed by atoms with Crippen molar-refractivity contribution in [1.82, 2.24) is 14.7 Å². The van der Waals surface area contributed by atoms with Crippen molar-refractivity contribution in [3.05, 3.63) is 45.8 Å². The van der Waals surface area contributed by atoms with Crippen LogP contribution in [0.4, 0.5) is 5.69 Å². The summed E-state index contributed by atoms with van der Waals surface area (Å²) in [5.41, 5.74) is 2.05. The minimum Gasteiger partial charge on any atom is -0.466 e. The topological polar surface area (TPSA) is 74.7 Å². The Balaban J connectivity index is 1.44. The zero-order chi connectivity index (χ0) is 19.7. The van der Waals surface area contributed by atoms with Crippen molar-refractivity contribution in [2.75, 3.05) is 31.1 Å². The number of anilines is 1. The molecule has 0 radical (unpaired) electrons. The molecule has 0 unspecified atom stereocenters. The Morgan fingerprint density at radius 2 is 1.96 bits per heavy atom. The fraction of sp³-hybridized carbons (Fsp3) is 0.619. The maximum absolute atomic E-state index is 12.8. The first-order valence-corrected chi connectivity index (χ1v) is 10.3. The van der Waals surface area contributed by atoms with Crippen LogP contribution in [0.15, 0.2) is 27.5 Å². The van der Waals surface area contributed by atoms with Gasteiger partial charge in [-0.2, -0.15) is 5.10 Å². The lowest BCUT2D eigenvalue weighted by atomic mass is 10.0. The molecule has 0 aromatic carbocycles. The summed E-state index contributed by atoms with van der Waals surface area (Å²) in [6.07, 6.45) is 5.10. The van der Waals surface area contributed by atoms with E-state index in [2.05, 4.69) is 21.0 Å². The highest BCUT2D eigenvalue weighted by Crippen LogP contribution is 2.24. The van der Waals surface area contributed by atoms with Gasteiger partial charge in [0.05, 0.1) is 24.0 Å². The molecular formula is C21H30N4O3. The van der Waals surface area contributed by atoms with Crippen molar-refractivity contribution in [3.8, 4) is 0 Å². The van der Waals surface area contributed by atoms with Gasteiger partial charge in [0.2, 0.25) is 0 Å². The van der Waals surface area contributed by atoms with E-state index < -0.39 is 0 Å². The second-order valence-corrected chi connectivity index (χ2v) is 8.18. The molecule has 0 aliphatic carbocycles. The molecule has 1 atom stereocenters. The van der Waals surface area contributed by atoms with Crippen LogP contribution in [0.1, 0.15) is 48.8 Å². The SMILES string of the molecule is Cc1cc(CN2CCC[C@@H](n3ncc(N4CCC(O)CC4)cc3=O)C2)c(C)o1. The molecule has 0 amide bonds. The number of aliphatic hydroxyl groups excluding tert-OH is 1. The predicted molar refractivity (Wildman–Crippen MR) is 108 cm³/mol. The lowest BCUT2D eigenvalue weighted by molar-refractivity contribution is 0.145. The molecule has 2 fully saturated rings. The molecule has 28 heavy (non-hydrogen) atoms. The molecule has 2 aliphatic rings. The van der Waals surface area contributed by atoms with Gasteiger partial charge in [-0.05, 0) is 52.1 Å². The van der Waals surface area contributed by atoms with E-state index in [9.17, 15) is 9.90 Å². The molecule has 2 aromatic rings. The molecule has 0 saturated carbocycles. The molecule has 2 aromatic heterocycles. The van der Waals surface area contributed by atoms with Crippen molar-refractivity contribution in [2.24, 2.45) is 0 Å². The molecule has 0 spiro atoms. The van der Waals surface area contributed by atoms with E-state index in [4.69, 9.17) is 4.42 Å². The van der Waals surface area contributed by atoms with Gasteiger partial charge >= 0.3 is 0 Å². The van der Waals surface area contributed by atoms with Crippen molar-refractivity contribution < 1.29 is 9.52 Å². The summed E-state index contributed by atoms with van der Waals surface area (Å²) >= 11 is 0. The quantitative estimate of drug-likeness (QED) is 0.869. The normalized spacial score (nSPS) is 22.0. The molecule has 4 rings (SSSR count). The van der Waals surface area contributed by atoms with Crippen LogP contribution >= 0.6 is 0 Å². The van der Waals surface area contributed by atoms with E-state index in [-0.39, 0.29) is 17.7 Å². The lowest BCUT2D eigenvalue weighted by Gasteiger charge is -2.33. The number of aromatic nitrogens is 2. The maximum Gasteiger partial charge on any atom is 0.269 e. The van der Waals surface area contributed by atoms with Crippen LogP contribution in [0.2, 0.25) is 0 Å². The number of likely N-dealkylation sites (tertiary alicyclic amines) is 1. The largest absolute Gasteiger partial charge is 0.466 e. The number of piperidine rings is 2. The summed E-state index contributed by atoms with van der Waals surface area (Å²) in [7, 11) is 0. The molecular weight excluding hydrogens is 356 g/mol. The van der Waals surface area contributed by atoms with Gasteiger partial charge in [-0.25, -0.2) is 4.68 Å².